The summed E-state index contributed by atoms with van der Waals surface area (Å²) in [7, 11) is 0. The number of thiophene rings is 4. The molecule has 0 bridgehead atoms. The van der Waals surface area contributed by atoms with E-state index in [0.717, 1.165) is 20.7 Å². The molecule has 12 nitrogen and oxygen atoms in total. The number of ketones is 4. The molecule has 0 amide bonds. The van der Waals surface area contributed by atoms with Crippen molar-refractivity contribution in [3.8, 4) is 34.0 Å². The monoisotopic (exact) mass is 970 g/mol. The van der Waals surface area contributed by atoms with E-state index in [1.165, 1.54) is 70.4 Å². The van der Waals surface area contributed by atoms with Crippen LogP contribution in [0.25, 0.3) is 40.7 Å². The standard InChI is InChI=1S/C53H22N4O8S4/c54-19-27-11-33-34(12-28(27)20-55)43(59)37(42(33)58)15-31-17-39-46(66-31)48-41(53(39,51(62)64-23-25-7-3-1-4-8-25)52(63)65-24-26-9-5-2-6-10-26)49-50(69-48)47-40(68-49)18-32(67-47)16-38-44(60)35-13-29(21-56)30(22-57)14-36(35)45(38)61/h1-18H,23-24H2. The number of rotatable bonds is 8. The molecule has 0 N–H and O–H groups in total. The van der Waals surface area contributed by atoms with Gasteiger partial charge in [-0.25, -0.2) is 0 Å². The molecule has 0 saturated heterocycles. The number of hydrogen-bond donors (Lipinski definition) is 0. The Morgan fingerprint density at radius 3 is 1.38 bits per heavy atom. The maximum atomic E-state index is 15.2. The third-order valence-electron chi connectivity index (χ3n) is 12.1. The molecule has 0 spiro atoms. The van der Waals surface area contributed by atoms with E-state index < -0.39 is 40.5 Å². The van der Waals surface area contributed by atoms with E-state index in [9.17, 15) is 40.2 Å². The topological polar surface area (TPSA) is 216 Å². The van der Waals surface area contributed by atoms with Crippen LogP contribution >= 0.6 is 45.3 Å². The summed E-state index contributed by atoms with van der Waals surface area (Å²) in [6.07, 6.45) is 2.88. The molecule has 3 aliphatic rings. The van der Waals surface area contributed by atoms with E-state index in [0.29, 0.717) is 45.6 Å². The zero-order valence-corrected chi connectivity index (χ0v) is 38.3. The summed E-state index contributed by atoms with van der Waals surface area (Å²) < 4.78 is 15.0. The van der Waals surface area contributed by atoms with Crippen LogP contribution in [0.15, 0.2) is 108 Å². The smallest absolute Gasteiger partial charge is 0.333 e. The molecule has 16 heteroatoms. The Hall–Kier alpha value is -8.74. The summed E-state index contributed by atoms with van der Waals surface area (Å²) in [5.41, 5.74) is -0.683. The second kappa shape index (κ2) is 16.2. The van der Waals surface area contributed by atoms with Gasteiger partial charge in [0.1, 0.15) is 37.5 Å². The largest absolute Gasteiger partial charge is 0.459 e. The minimum absolute atomic E-state index is 0.0126. The number of carbonyl (C=O) groups excluding carboxylic acids is 6. The fourth-order valence-corrected chi connectivity index (χ4v) is 14.5. The van der Waals surface area contributed by atoms with Gasteiger partial charge in [-0.3, -0.25) is 28.8 Å². The van der Waals surface area contributed by atoms with Crippen LogP contribution in [0.3, 0.4) is 0 Å². The van der Waals surface area contributed by atoms with Crippen LogP contribution in [0.1, 0.15) is 95.7 Å². The highest BCUT2D eigenvalue weighted by Gasteiger charge is 2.61. The SMILES string of the molecule is N#Cc1cc2c(cc1C#N)C(=O)C(=Cc1cc3c(s1)-c1sc4c(sc5cc(C=C6C(=O)c7cc(C#N)c(C#N)cc7C6=O)sc54)c1C3(C(=O)OCc1ccccc1)C(=O)OCc1ccccc1)C2=O. The zero-order chi connectivity index (χ0) is 47.9. The third kappa shape index (κ3) is 6.47. The van der Waals surface area contributed by atoms with E-state index in [1.807, 2.05) is 42.5 Å². The van der Waals surface area contributed by atoms with E-state index in [-0.39, 0.29) is 74.4 Å². The summed E-state index contributed by atoms with van der Waals surface area (Å²) >= 11 is 5.09. The molecule has 0 saturated carbocycles. The molecule has 0 fully saturated rings. The first-order valence-electron chi connectivity index (χ1n) is 20.6. The highest BCUT2D eigenvalue weighted by atomic mass is 32.1. The van der Waals surface area contributed by atoms with Crippen LogP contribution in [0.2, 0.25) is 0 Å². The Balaban J connectivity index is 1.07. The molecule has 0 unspecified atom stereocenters. The molecular weight excluding hydrogens is 949 g/mol. The molecule has 69 heavy (non-hydrogen) atoms. The van der Waals surface area contributed by atoms with Gasteiger partial charge in [-0.05, 0) is 59.7 Å². The van der Waals surface area contributed by atoms with Crippen LogP contribution in [0, 0.1) is 45.3 Å². The van der Waals surface area contributed by atoms with Crippen molar-refractivity contribution in [3.05, 3.63) is 185 Å². The predicted molar refractivity (Wildman–Crippen MR) is 257 cm³/mol. The Morgan fingerprint density at radius 2 is 0.942 bits per heavy atom. The first-order chi connectivity index (χ1) is 33.5. The second-order valence-corrected chi connectivity index (χ2v) is 20.2. The summed E-state index contributed by atoms with van der Waals surface area (Å²) in [4.78, 5) is 87.2. The van der Waals surface area contributed by atoms with Gasteiger partial charge in [-0.1, -0.05) is 60.7 Å². The van der Waals surface area contributed by atoms with Crippen molar-refractivity contribution in [2.75, 3.05) is 0 Å². The highest BCUT2D eigenvalue weighted by molar-refractivity contribution is 7.40. The summed E-state index contributed by atoms with van der Waals surface area (Å²) in [5, 5.41) is 38.4. The maximum Gasteiger partial charge on any atom is 0.333 e. The molecule has 4 aromatic heterocycles. The number of ether oxygens (including phenoxy) is 2. The Labute approximate surface area is 405 Å². The number of fused-ring (bicyclic) bond motifs is 9. The second-order valence-electron chi connectivity index (χ2n) is 15.9. The Kier molecular flexibility index (Phi) is 10.1. The quantitative estimate of drug-likeness (QED) is 0.0601. The van der Waals surface area contributed by atoms with Crippen molar-refractivity contribution in [2.45, 2.75) is 18.6 Å². The van der Waals surface area contributed by atoms with E-state index in [2.05, 4.69) is 0 Å². The number of hydrogen-bond acceptors (Lipinski definition) is 16. The number of nitriles is 4. The Morgan fingerprint density at radius 1 is 0.507 bits per heavy atom. The maximum absolute atomic E-state index is 15.2. The molecule has 326 valence electrons. The van der Waals surface area contributed by atoms with Crippen molar-refractivity contribution in [2.24, 2.45) is 0 Å². The lowest BCUT2D eigenvalue weighted by molar-refractivity contribution is -0.164. The molecule has 11 rings (SSSR count). The number of benzene rings is 4. The molecule has 4 aromatic carbocycles. The lowest BCUT2D eigenvalue weighted by Gasteiger charge is -2.26. The van der Waals surface area contributed by atoms with E-state index in [4.69, 9.17) is 9.47 Å². The van der Waals surface area contributed by atoms with Crippen LogP contribution in [-0.2, 0) is 37.7 Å². The summed E-state index contributed by atoms with van der Waals surface area (Å²) in [5.74, 6) is -4.25. The van der Waals surface area contributed by atoms with E-state index in [1.54, 1.807) is 54.6 Å². The first kappa shape index (κ1) is 42.9. The van der Waals surface area contributed by atoms with Crippen molar-refractivity contribution in [1.29, 1.82) is 21.0 Å². The third-order valence-corrected chi connectivity index (χ3v) is 17.2. The average molecular weight is 971 g/mol. The number of nitrogens with zero attached hydrogens (tertiary/aromatic N) is 4. The first-order valence-corrected chi connectivity index (χ1v) is 23.9. The summed E-state index contributed by atoms with van der Waals surface area (Å²) in [6.45, 7) is -0.366. The Bertz CT molecular complexity index is 3800. The number of allylic oxidation sites excluding steroid dienone is 2. The molecule has 0 radical (unpaired) electrons. The lowest BCUT2D eigenvalue weighted by Crippen LogP contribution is -2.45. The molecule has 0 aliphatic heterocycles. The molecule has 8 aromatic rings. The van der Waals surface area contributed by atoms with Crippen molar-refractivity contribution < 1.29 is 38.2 Å². The minimum Gasteiger partial charge on any atom is -0.459 e. The van der Waals surface area contributed by atoms with Crippen LogP contribution in [0.5, 0.6) is 0 Å². The van der Waals surface area contributed by atoms with Gasteiger partial charge in [0.2, 0.25) is 5.41 Å². The van der Waals surface area contributed by atoms with E-state index >= 15 is 9.59 Å². The van der Waals surface area contributed by atoms with Gasteiger partial charge >= 0.3 is 11.9 Å². The van der Waals surface area contributed by atoms with Gasteiger partial charge in [0.05, 0.1) is 57.3 Å². The van der Waals surface area contributed by atoms with Gasteiger partial charge < -0.3 is 9.47 Å². The fraction of sp³-hybridized carbons (Fsp3) is 0.0566. The zero-order valence-electron chi connectivity index (χ0n) is 35.0. The van der Waals surface area contributed by atoms with Gasteiger partial charge in [0.25, 0.3) is 0 Å². The van der Waals surface area contributed by atoms with Crippen molar-refractivity contribution in [3.63, 3.8) is 0 Å². The van der Waals surface area contributed by atoms with Crippen LogP contribution < -0.4 is 0 Å². The average Bonchev–Trinajstić information content (AvgIpc) is 4.24. The van der Waals surface area contributed by atoms with Gasteiger partial charge in [0, 0.05) is 47.8 Å². The minimum atomic E-state index is -2.20. The number of esters is 2. The molecular formula is C53H22N4O8S4. The molecule has 4 heterocycles. The highest BCUT2D eigenvalue weighted by Crippen LogP contribution is 2.62. The summed E-state index contributed by atoms with van der Waals surface area (Å²) in [6, 6.07) is 33.9. The van der Waals surface area contributed by atoms with Gasteiger partial charge in [-0.15, -0.1) is 45.3 Å². The number of carbonyl (C=O) groups is 6. The van der Waals surface area contributed by atoms with Crippen molar-refractivity contribution >= 4 is 111 Å². The van der Waals surface area contributed by atoms with Gasteiger partial charge in [0.15, 0.2) is 23.1 Å². The fourth-order valence-electron chi connectivity index (χ4n) is 8.86. The normalized spacial score (nSPS) is 13.9. The predicted octanol–water partition coefficient (Wildman–Crippen LogP) is 10.4. The van der Waals surface area contributed by atoms with Gasteiger partial charge in [-0.2, -0.15) is 21.0 Å². The lowest BCUT2D eigenvalue weighted by atomic mass is 9.79. The van der Waals surface area contributed by atoms with Crippen LogP contribution in [0.4, 0.5) is 0 Å². The molecule has 3 aliphatic carbocycles. The molecule has 0 atom stereocenters. The number of Topliss-reactive ketones (excluding diaryl/α,β-unsaturated/α-hetero) is 4. The van der Waals surface area contributed by atoms with Crippen molar-refractivity contribution in [1.82, 2.24) is 0 Å². The van der Waals surface area contributed by atoms with Crippen LogP contribution in [-0.4, -0.2) is 35.1 Å².